The molecule has 1 saturated heterocycles. The van der Waals surface area contributed by atoms with Crippen LogP contribution in [0, 0.1) is 5.92 Å². The number of urea groups is 1. The van der Waals surface area contributed by atoms with Crippen LogP contribution < -0.4 is 25.7 Å². The lowest BCUT2D eigenvalue weighted by Crippen LogP contribution is -2.49. The van der Waals surface area contributed by atoms with Gasteiger partial charge in [-0.15, -0.1) is 0 Å². The average molecular weight is 489 g/mol. The summed E-state index contributed by atoms with van der Waals surface area (Å²) in [6.45, 7) is 1.55. The number of piperidine rings is 1. The number of fused-ring (bicyclic) bond motifs is 4. The summed E-state index contributed by atoms with van der Waals surface area (Å²) in [5, 5.41) is 5.71. The van der Waals surface area contributed by atoms with Crippen LogP contribution in [0.1, 0.15) is 28.4 Å². The van der Waals surface area contributed by atoms with E-state index in [1.807, 2.05) is 11.0 Å². The Morgan fingerprint density at radius 3 is 2.36 bits per heavy atom. The number of ether oxygens (including phenoxy) is 2. The number of benzene rings is 2. The number of nitrogens with one attached hydrogen (secondary N) is 2. The molecular formula is C27H28N4O5. The predicted molar refractivity (Wildman–Crippen MR) is 136 cm³/mol. The first kappa shape index (κ1) is 23.5. The van der Waals surface area contributed by atoms with Crippen LogP contribution in [0.2, 0.25) is 0 Å². The van der Waals surface area contributed by atoms with Crippen LogP contribution in [-0.2, 0) is 6.54 Å². The molecular weight excluding hydrogens is 460 g/mol. The molecule has 1 fully saturated rings. The SMILES string of the molecule is COc1ccc(C(=O)N2C[C@@H]3C[C@H](C2)c2c(NC(=O)Nc4ccccc4OC)ccc(=O)n2C3)cc1. The number of anilines is 2. The number of hydrogen-bond acceptors (Lipinski definition) is 5. The van der Waals surface area contributed by atoms with Crippen LogP contribution in [0.25, 0.3) is 0 Å². The van der Waals surface area contributed by atoms with Crippen LogP contribution >= 0.6 is 0 Å². The summed E-state index contributed by atoms with van der Waals surface area (Å²) in [7, 11) is 3.13. The first-order chi connectivity index (χ1) is 17.5. The van der Waals surface area contributed by atoms with Gasteiger partial charge < -0.3 is 29.6 Å². The first-order valence-corrected chi connectivity index (χ1v) is 11.8. The van der Waals surface area contributed by atoms with Crippen LogP contribution in [0.4, 0.5) is 16.2 Å². The van der Waals surface area contributed by atoms with Gasteiger partial charge in [0.2, 0.25) is 0 Å². The van der Waals surface area contributed by atoms with Crippen molar-refractivity contribution >= 4 is 23.3 Å². The van der Waals surface area contributed by atoms with Gasteiger partial charge in [-0.25, -0.2) is 4.79 Å². The second-order valence-corrected chi connectivity index (χ2v) is 9.10. The highest BCUT2D eigenvalue weighted by Crippen LogP contribution is 2.39. The molecule has 9 heteroatoms. The molecule has 9 nitrogen and oxygen atoms in total. The van der Waals surface area contributed by atoms with E-state index in [-0.39, 0.29) is 23.3 Å². The number of carbonyl (C=O) groups is 2. The minimum atomic E-state index is -0.440. The van der Waals surface area contributed by atoms with Gasteiger partial charge in [0.1, 0.15) is 11.5 Å². The van der Waals surface area contributed by atoms with Crippen molar-refractivity contribution in [3.63, 3.8) is 0 Å². The lowest BCUT2D eigenvalue weighted by atomic mass is 9.82. The van der Waals surface area contributed by atoms with E-state index in [1.165, 1.54) is 13.2 Å². The number of aromatic nitrogens is 1. The highest BCUT2D eigenvalue weighted by atomic mass is 16.5. The smallest absolute Gasteiger partial charge is 0.323 e. The normalized spacial score (nSPS) is 18.1. The van der Waals surface area contributed by atoms with Crippen LogP contribution in [0.15, 0.2) is 65.5 Å². The van der Waals surface area contributed by atoms with Crippen molar-refractivity contribution in [2.45, 2.75) is 18.9 Å². The molecule has 0 unspecified atom stereocenters. The summed E-state index contributed by atoms with van der Waals surface area (Å²) in [6, 6.07) is 16.9. The molecule has 186 valence electrons. The fourth-order valence-electron chi connectivity index (χ4n) is 5.23. The minimum Gasteiger partial charge on any atom is -0.497 e. The molecule has 2 aliphatic heterocycles. The molecule has 3 amide bonds. The first-order valence-electron chi connectivity index (χ1n) is 11.8. The molecule has 5 rings (SSSR count). The molecule has 0 saturated carbocycles. The molecule has 2 aromatic carbocycles. The second-order valence-electron chi connectivity index (χ2n) is 9.10. The maximum Gasteiger partial charge on any atom is 0.323 e. The Morgan fingerprint density at radius 2 is 1.61 bits per heavy atom. The number of para-hydroxylation sites is 2. The van der Waals surface area contributed by atoms with E-state index < -0.39 is 6.03 Å². The van der Waals surface area contributed by atoms with Crippen molar-refractivity contribution in [3.05, 3.63) is 82.3 Å². The molecule has 0 aliphatic carbocycles. The fourth-order valence-corrected chi connectivity index (χ4v) is 5.23. The zero-order valence-corrected chi connectivity index (χ0v) is 20.2. The quantitative estimate of drug-likeness (QED) is 0.569. The van der Waals surface area contributed by atoms with Gasteiger partial charge in [-0.3, -0.25) is 9.59 Å². The number of likely N-dealkylation sites (tertiary alicyclic amines) is 1. The number of nitrogens with zero attached hydrogens (tertiary/aromatic N) is 2. The number of pyridine rings is 1. The van der Waals surface area contributed by atoms with Gasteiger partial charge in [0.15, 0.2) is 0 Å². The molecule has 2 aliphatic rings. The molecule has 36 heavy (non-hydrogen) atoms. The highest BCUT2D eigenvalue weighted by Gasteiger charge is 2.38. The highest BCUT2D eigenvalue weighted by molar-refractivity contribution is 6.01. The van der Waals surface area contributed by atoms with E-state index in [0.29, 0.717) is 48.1 Å². The van der Waals surface area contributed by atoms with Gasteiger partial charge >= 0.3 is 6.03 Å². The van der Waals surface area contributed by atoms with Gasteiger partial charge in [0, 0.05) is 42.9 Å². The molecule has 2 N–H and O–H groups in total. The Kier molecular flexibility index (Phi) is 6.37. The van der Waals surface area contributed by atoms with Gasteiger partial charge in [-0.2, -0.15) is 0 Å². The third-order valence-electron chi connectivity index (χ3n) is 6.82. The van der Waals surface area contributed by atoms with Crippen molar-refractivity contribution in [2.75, 3.05) is 37.9 Å². The summed E-state index contributed by atoms with van der Waals surface area (Å²) >= 11 is 0. The van der Waals surface area contributed by atoms with Gasteiger partial charge in [-0.05, 0) is 54.8 Å². The molecule has 2 atom stereocenters. The molecule has 1 aromatic heterocycles. The fraction of sp³-hybridized carbons (Fsp3) is 0.296. The number of hydrogen-bond donors (Lipinski definition) is 2. The summed E-state index contributed by atoms with van der Waals surface area (Å²) in [5.41, 5.74) is 2.33. The third kappa shape index (κ3) is 4.51. The Labute approximate surface area is 208 Å². The molecule has 2 bridgehead atoms. The second kappa shape index (κ2) is 9.77. The summed E-state index contributed by atoms with van der Waals surface area (Å²) in [4.78, 5) is 40.7. The maximum absolute atomic E-state index is 13.3. The lowest BCUT2D eigenvalue weighted by molar-refractivity contribution is 0.0595. The van der Waals surface area contributed by atoms with Crippen LogP contribution in [0.5, 0.6) is 11.5 Å². The Hall–Kier alpha value is -4.27. The Morgan fingerprint density at radius 1 is 0.861 bits per heavy atom. The maximum atomic E-state index is 13.3. The Balaban J connectivity index is 1.38. The topological polar surface area (TPSA) is 102 Å². The van der Waals surface area contributed by atoms with Crippen molar-refractivity contribution in [1.29, 1.82) is 0 Å². The predicted octanol–water partition coefficient (Wildman–Crippen LogP) is 3.77. The van der Waals surface area contributed by atoms with Gasteiger partial charge in [0.05, 0.1) is 25.6 Å². The largest absolute Gasteiger partial charge is 0.497 e. The van der Waals surface area contributed by atoms with E-state index in [1.54, 1.807) is 60.2 Å². The lowest BCUT2D eigenvalue weighted by Gasteiger charge is -2.43. The average Bonchev–Trinajstić information content (AvgIpc) is 2.90. The van der Waals surface area contributed by atoms with E-state index >= 15 is 0 Å². The van der Waals surface area contributed by atoms with Crippen LogP contribution in [-0.4, -0.2) is 48.7 Å². The van der Waals surface area contributed by atoms with E-state index in [9.17, 15) is 14.4 Å². The molecule has 0 radical (unpaired) electrons. The minimum absolute atomic E-state index is 0.0532. The third-order valence-corrected chi connectivity index (χ3v) is 6.82. The molecule has 3 heterocycles. The number of amides is 3. The van der Waals surface area contributed by atoms with E-state index in [4.69, 9.17) is 9.47 Å². The van der Waals surface area contributed by atoms with Crippen LogP contribution in [0.3, 0.4) is 0 Å². The molecule has 0 spiro atoms. The molecule has 3 aromatic rings. The number of methoxy groups -OCH3 is 2. The standard InChI is InChI=1S/C27H28N4O5/c1-35-20-9-7-18(8-10-20)26(33)30-14-17-13-19(16-30)25-22(11-12-24(32)31(25)15-17)29-27(34)28-21-5-3-4-6-23(21)36-2/h3-12,17,19H,13-16H2,1-2H3,(H2,28,29,34)/t17-,19+/m0/s1. The van der Waals surface area contributed by atoms with Gasteiger partial charge in [0.25, 0.3) is 11.5 Å². The Bertz CT molecular complexity index is 1350. The zero-order valence-electron chi connectivity index (χ0n) is 20.2. The number of carbonyl (C=O) groups excluding carboxylic acids is 2. The summed E-state index contributed by atoms with van der Waals surface area (Å²) in [5.74, 6) is 1.27. The van der Waals surface area contributed by atoms with Crippen molar-refractivity contribution in [2.24, 2.45) is 5.92 Å². The van der Waals surface area contributed by atoms with E-state index in [0.717, 1.165) is 12.1 Å². The number of rotatable bonds is 5. The summed E-state index contributed by atoms with van der Waals surface area (Å²) < 4.78 is 12.2. The van der Waals surface area contributed by atoms with Crippen molar-refractivity contribution in [3.8, 4) is 11.5 Å². The monoisotopic (exact) mass is 488 g/mol. The van der Waals surface area contributed by atoms with E-state index in [2.05, 4.69) is 10.6 Å². The summed E-state index contributed by atoms with van der Waals surface area (Å²) in [6.07, 6.45) is 0.846. The van der Waals surface area contributed by atoms with Crippen molar-refractivity contribution < 1.29 is 19.1 Å². The van der Waals surface area contributed by atoms with Crippen molar-refractivity contribution in [1.82, 2.24) is 9.47 Å². The zero-order chi connectivity index (χ0) is 25.2. The van der Waals surface area contributed by atoms with Gasteiger partial charge in [-0.1, -0.05) is 12.1 Å².